The molecule has 0 saturated heterocycles. The number of benzene rings is 1. The lowest BCUT2D eigenvalue weighted by Crippen LogP contribution is -2.13. The summed E-state index contributed by atoms with van der Waals surface area (Å²) >= 11 is 0. The first-order valence-electron chi connectivity index (χ1n) is 5.44. The Hall–Kier alpha value is -2.38. The quantitative estimate of drug-likeness (QED) is 0.882. The monoisotopic (exact) mass is 287 g/mol. The number of alkyl halides is 3. The van der Waals surface area contributed by atoms with Gasteiger partial charge in [-0.25, -0.2) is 9.37 Å². The van der Waals surface area contributed by atoms with Crippen molar-refractivity contribution in [3.8, 4) is 5.88 Å². The van der Waals surface area contributed by atoms with Gasteiger partial charge in [-0.1, -0.05) is 18.2 Å². The van der Waals surface area contributed by atoms with E-state index >= 15 is 0 Å². The minimum Gasteiger partial charge on any atom is -0.473 e. The summed E-state index contributed by atoms with van der Waals surface area (Å²) in [7, 11) is 0. The zero-order valence-corrected chi connectivity index (χ0v) is 9.99. The molecule has 0 aliphatic carbocycles. The van der Waals surface area contributed by atoms with E-state index in [4.69, 9.17) is 10.5 Å². The first-order valence-corrected chi connectivity index (χ1v) is 5.44. The van der Waals surface area contributed by atoms with Crippen LogP contribution in [-0.4, -0.2) is 9.97 Å². The fraction of sp³-hybridized carbons (Fsp3) is 0.167. The molecule has 20 heavy (non-hydrogen) atoms. The van der Waals surface area contributed by atoms with E-state index in [1.165, 1.54) is 18.2 Å². The Morgan fingerprint density at radius 2 is 1.85 bits per heavy atom. The second kappa shape index (κ2) is 5.32. The molecule has 2 N–H and O–H groups in total. The molecule has 8 heteroatoms. The number of hydrogen-bond donors (Lipinski definition) is 1. The van der Waals surface area contributed by atoms with Crippen LogP contribution in [0.4, 0.5) is 23.4 Å². The Morgan fingerprint density at radius 1 is 1.15 bits per heavy atom. The third kappa shape index (κ3) is 3.34. The summed E-state index contributed by atoms with van der Waals surface area (Å²) in [5.74, 6) is -2.67. The van der Waals surface area contributed by atoms with Gasteiger partial charge in [0.1, 0.15) is 18.2 Å². The van der Waals surface area contributed by atoms with Crippen molar-refractivity contribution in [3.63, 3.8) is 0 Å². The van der Waals surface area contributed by atoms with Crippen molar-refractivity contribution < 1.29 is 22.3 Å². The van der Waals surface area contributed by atoms with Crippen molar-refractivity contribution in [1.29, 1.82) is 0 Å². The van der Waals surface area contributed by atoms with Gasteiger partial charge in [0.05, 0.1) is 0 Å². The van der Waals surface area contributed by atoms with E-state index in [0.29, 0.717) is 0 Å². The molecule has 4 nitrogen and oxygen atoms in total. The molecule has 0 aliphatic rings. The summed E-state index contributed by atoms with van der Waals surface area (Å²) in [4.78, 5) is 6.25. The van der Waals surface area contributed by atoms with Crippen molar-refractivity contribution in [2.24, 2.45) is 0 Å². The molecule has 0 aliphatic heterocycles. The lowest BCUT2D eigenvalue weighted by molar-refractivity contribution is -0.145. The molecule has 1 aromatic carbocycles. The van der Waals surface area contributed by atoms with Crippen LogP contribution >= 0.6 is 0 Å². The second-order valence-corrected chi connectivity index (χ2v) is 3.83. The van der Waals surface area contributed by atoms with Crippen LogP contribution in [0.2, 0.25) is 0 Å². The molecule has 1 aromatic heterocycles. The Bertz CT molecular complexity index is 616. The molecular weight excluding hydrogens is 278 g/mol. The molecule has 0 spiro atoms. The van der Waals surface area contributed by atoms with Gasteiger partial charge in [-0.3, -0.25) is 0 Å². The fourth-order valence-corrected chi connectivity index (χ4v) is 1.41. The highest BCUT2D eigenvalue weighted by molar-refractivity contribution is 5.33. The van der Waals surface area contributed by atoms with Crippen LogP contribution < -0.4 is 10.5 Å². The van der Waals surface area contributed by atoms with E-state index < -0.39 is 17.8 Å². The molecule has 2 aromatic rings. The van der Waals surface area contributed by atoms with Crippen molar-refractivity contribution in [2.75, 3.05) is 5.73 Å². The van der Waals surface area contributed by atoms with Crippen molar-refractivity contribution in [3.05, 3.63) is 47.5 Å². The van der Waals surface area contributed by atoms with Gasteiger partial charge >= 0.3 is 6.18 Å². The number of anilines is 1. The number of hydrogen-bond acceptors (Lipinski definition) is 4. The van der Waals surface area contributed by atoms with E-state index in [2.05, 4.69) is 9.97 Å². The number of nitrogens with two attached hydrogens (primary N) is 1. The standard InChI is InChI=1S/C12H9F4N3O/c13-8-4-2-1-3-7(8)6-20-10-5-9(17)18-11(19-10)12(14,15)16/h1-5H,6H2,(H2,17,18,19). The first-order chi connectivity index (χ1) is 9.36. The van der Waals surface area contributed by atoms with Crippen molar-refractivity contribution in [2.45, 2.75) is 12.8 Å². The molecule has 0 radical (unpaired) electrons. The Kier molecular flexibility index (Phi) is 3.73. The van der Waals surface area contributed by atoms with Crippen LogP contribution in [0, 0.1) is 5.82 Å². The van der Waals surface area contributed by atoms with Gasteiger partial charge < -0.3 is 10.5 Å². The Morgan fingerprint density at radius 3 is 2.50 bits per heavy atom. The Balaban J connectivity index is 2.18. The summed E-state index contributed by atoms with van der Waals surface area (Å²) in [6.45, 7) is -0.263. The molecule has 106 valence electrons. The van der Waals surface area contributed by atoms with Gasteiger partial charge in [0.25, 0.3) is 0 Å². The van der Waals surface area contributed by atoms with E-state index in [0.717, 1.165) is 6.07 Å². The first kappa shape index (κ1) is 14.0. The van der Waals surface area contributed by atoms with Crippen LogP contribution in [0.15, 0.2) is 30.3 Å². The van der Waals surface area contributed by atoms with E-state index in [9.17, 15) is 17.6 Å². The van der Waals surface area contributed by atoms with Crippen LogP contribution in [0.1, 0.15) is 11.4 Å². The fourth-order valence-electron chi connectivity index (χ4n) is 1.41. The van der Waals surface area contributed by atoms with E-state index in [-0.39, 0.29) is 23.9 Å². The molecule has 0 atom stereocenters. The van der Waals surface area contributed by atoms with Crippen LogP contribution in [0.3, 0.4) is 0 Å². The van der Waals surface area contributed by atoms with Gasteiger partial charge in [-0.2, -0.15) is 18.2 Å². The summed E-state index contributed by atoms with van der Waals surface area (Å²) in [5.41, 5.74) is 5.44. The predicted octanol–water partition coefficient (Wildman–Crippen LogP) is 2.80. The highest BCUT2D eigenvalue weighted by atomic mass is 19.4. The highest BCUT2D eigenvalue weighted by Gasteiger charge is 2.35. The summed E-state index contributed by atoms with van der Waals surface area (Å²) in [5, 5.41) is 0. The van der Waals surface area contributed by atoms with Crippen LogP contribution in [-0.2, 0) is 12.8 Å². The topological polar surface area (TPSA) is 61.0 Å². The Labute approximate surface area is 111 Å². The maximum Gasteiger partial charge on any atom is 0.451 e. The van der Waals surface area contributed by atoms with E-state index in [1.54, 1.807) is 6.07 Å². The maximum atomic E-state index is 13.3. The maximum absolute atomic E-state index is 13.3. The number of nitrogen functional groups attached to an aromatic ring is 1. The minimum atomic E-state index is -4.73. The summed E-state index contributed by atoms with van der Waals surface area (Å²) in [6, 6.07) is 6.77. The zero-order valence-electron chi connectivity index (χ0n) is 9.99. The third-order valence-electron chi connectivity index (χ3n) is 2.31. The van der Waals surface area contributed by atoms with Crippen molar-refractivity contribution >= 4 is 5.82 Å². The average molecular weight is 287 g/mol. The SMILES string of the molecule is Nc1cc(OCc2ccccc2F)nc(C(F)(F)F)n1. The second-order valence-electron chi connectivity index (χ2n) is 3.83. The summed E-state index contributed by atoms with van der Waals surface area (Å²) in [6.07, 6.45) is -4.73. The van der Waals surface area contributed by atoms with Gasteiger partial charge in [0, 0.05) is 11.6 Å². The van der Waals surface area contributed by atoms with Crippen LogP contribution in [0.25, 0.3) is 0 Å². The molecule has 1 heterocycles. The number of aromatic nitrogens is 2. The van der Waals surface area contributed by atoms with Gasteiger partial charge in [0.15, 0.2) is 0 Å². The molecule has 0 unspecified atom stereocenters. The third-order valence-corrected chi connectivity index (χ3v) is 2.31. The number of ether oxygens (including phenoxy) is 1. The number of rotatable bonds is 3. The molecule has 0 bridgehead atoms. The van der Waals surface area contributed by atoms with Crippen molar-refractivity contribution in [1.82, 2.24) is 9.97 Å². The summed E-state index contributed by atoms with van der Waals surface area (Å²) < 4.78 is 55.8. The minimum absolute atomic E-state index is 0.193. The molecular formula is C12H9F4N3O. The number of halogens is 4. The molecule has 0 amide bonds. The normalized spacial score (nSPS) is 11.4. The molecule has 0 fully saturated rings. The lowest BCUT2D eigenvalue weighted by Gasteiger charge is -2.10. The molecule has 0 saturated carbocycles. The predicted molar refractivity (Wildman–Crippen MR) is 62.2 cm³/mol. The van der Waals surface area contributed by atoms with Crippen LogP contribution in [0.5, 0.6) is 5.88 Å². The largest absolute Gasteiger partial charge is 0.473 e. The lowest BCUT2D eigenvalue weighted by atomic mass is 10.2. The van der Waals surface area contributed by atoms with Gasteiger partial charge in [-0.05, 0) is 6.07 Å². The zero-order chi connectivity index (χ0) is 14.8. The van der Waals surface area contributed by atoms with Gasteiger partial charge in [0.2, 0.25) is 11.7 Å². The average Bonchev–Trinajstić information content (AvgIpc) is 2.36. The smallest absolute Gasteiger partial charge is 0.451 e. The van der Waals surface area contributed by atoms with Gasteiger partial charge in [-0.15, -0.1) is 0 Å². The molecule has 2 rings (SSSR count). The van der Waals surface area contributed by atoms with E-state index in [1.807, 2.05) is 0 Å². The number of nitrogens with zero attached hydrogens (tertiary/aromatic N) is 2. The highest BCUT2D eigenvalue weighted by Crippen LogP contribution is 2.28.